The van der Waals surface area contributed by atoms with Gasteiger partial charge in [-0.1, -0.05) is 53.5 Å². The number of fused-ring (bicyclic) bond motifs is 3. The highest BCUT2D eigenvalue weighted by Gasteiger charge is 2.33. The number of benzene rings is 2. The first kappa shape index (κ1) is 23.6. The Morgan fingerprint density at radius 3 is 2.18 bits per heavy atom. The van der Waals surface area contributed by atoms with Gasteiger partial charge in [0.25, 0.3) is 0 Å². The molecule has 1 unspecified atom stereocenters. The fraction of sp³-hybridized carbons (Fsp3) is 0.429. The number of rotatable bonds is 6. The molecule has 3 saturated heterocycles. The van der Waals surface area contributed by atoms with Crippen molar-refractivity contribution < 1.29 is 4.74 Å². The fourth-order valence-electron chi connectivity index (χ4n) is 4.03. The Morgan fingerprint density at radius 2 is 1.61 bits per heavy atom. The Balaban J connectivity index is 0.00000140. The summed E-state index contributed by atoms with van der Waals surface area (Å²) in [7, 11) is 0. The maximum Gasteiger partial charge on any atom is 0.156 e. The predicted octanol–water partition coefficient (Wildman–Crippen LogP) is 5.60. The van der Waals surface area contributed by atoms with Crippen LogP contribution in [0.5, 0.6) is 5.75 Å². The van der Waals surface area contributed by atoms with Gasteiger partial charge in [0, 0.05) is 19.1 Å². The molecule has 1 atom stereocenters. The van der Waals surface area contributed by atoms with Gasteiger partial charge >= 0.3 is 0 Å². The van der Waals surface area contributed by atoms with Crippen molar-refractivity contribution in [3.63, 3.8) is 0 Å². The Kier molecular flexibility index (Phi) is 9.20. The van der Waals surface area contributed by atoms with E-state index in [0.29, 0.717) is 28.4 Å². The summed E-state index contributed by atoms with van der Waals surface area (Å²) in [5.41, 5.74) is 2.19. The number of ether oxygens (including phenoxy) is 1. The van der Waals surface area contributed by atoms with Crippen LogP contribution in [0, 0.1) is 5.92 Å². The fourth-order valence-corrected chi connectivity index (χ4v) is 4.67. The van der Waals surface area contributed by atoms with Gasteiger partial charge in [-0.15, -0.1) is 24.8 Å². The van der Waals surface area contributed by atoms with E-state index in [9.17, 15) is 0 Å². The Bertz CT molecular complexity index is 728. The highest BCUT2D eigenvalue weighted by molar-refractivity contribution is 6.37. The van der Waals surface area contributed by atoms with Crippen LogP contribution in [0.25, 0.3) is 0 Å². The maximum absolute atomic E-state index is 6.44. The SMILES string of the molecule is Cl.Cl.Clc1cc(CNC2CN3CCC2CC3)cc(Cl)c1OCc1ccccc1. The predicted molar refractivity (Wildman–Crippen MR) is 122 cm³/mol. The van der Waals surface area contributed by atoms with Crippen LogP contribution in [0.4, 0.5) is 0 Å². The summed E-state index contributed by atoms with van der Waals surface area (Å²) in [5.74, 6) is 1.36. The molecule has 5 rings (SSSR count). The van der Waals surface area contributed by atoms with E-state index in [1.165, 1.54) is 25.9 Å². The summed E-state index contributed by atoms with van der Waals surface area (Å²) in [6, 6.07) is 14.5. The number of nitrogens with zero attached hydrogens (tertiary/aromatic N) is 1. The third-order valence-corrected chi connectivity index (χ3v) is 6.07. The molecule has 2 aromatic carbocycles. The Morgan fingerprint density at radius 1 is 0.964 bits per heavy atom. The van der Waals surface area contributed by atoms with Gasteiger partial charge in [-0.25, -0.2) is 0 Å². The van der Waals surface area contributed by atoms with E-state index in [1.807, 2.05) is 42.5 Å². The molecule has 0 spiro atoms. The summed E-state index contributed by atoms with van der Waals surface area (Å²) in [6.45, 7) is 4.91. The minimum atomic E-state index is 0. The number of nitrogens with one attached hydrogen (secondary N) is 1. The van der Waals surface area contributed by atoms with Gasteiger partial charge < -0.3 is 15.0 Å². The molecule has 2 aromatic rings. The van der Waals surface area contributed by atoms with Crippen LogP contribution in [-0.4, -0.2) is 30.6 Å². The van der Waals surface area contributed by atoms with Crippen molar-refractivity contribution in [3.8, 4) is 5.75 Å². The molecule has 2 bridgehead atoms. The second kappa shape index (κ2) is 10.9. The van der Waals surface area contributed by atoms with Gasteiger partial charge in [-0.05, 0) is 55.1 Å². The third-order valence-electron chi connectivity index (χ3n) is 5.51. The second-order valence-electron chi connectivity index (χ2n) is 7.29. The largest absolute Gasteiger partial charge is 0.486 e. The van der Waals surface area contributed by atoms with Crippen molar-refractivity contribution in [2.75, 3.05) is 19.6 Å². The van der Waals surface area contributed by atoms with E-state index in [2.05, 4.69) is 10.2 Å². The topological polar surface area (TPSA) is 24.5 Å². The van der Waals surface area contributed by atoms with E-state index in [1.54, 1.807) is 0 Å². The summed E-state index contributed by atoms with van der Waals surface area (Å²) in [4.78, 5) is 2.55. The Labute approximate surface area is 189 Å². The summed E-state index contributed by atoms with van der Waals surface area (Å²) < 4.78 is 5.85. The zero-order chi connectivity index (χ0) is 17.9. The van der Waals surface area contributed by atoms with Crippen molar-refractivity contribution in [3.05, 3.63) is 63.6 Å². The molecule has 3 aliphatic rings. The second-order valence-corrected chi connectivity index (χ2v) is 8.10. The highest BCUT2D eigenvalue weighted by Crippen LogP contribution is 2.35. The molecule has 1 N–H and O–H groups in total. The molecule has 0 radical (unpaired) electrons. The van der Waals surface area contributed by atoms with Crippen LogP contribution < -0.4 is 10.1 Å². The quantitative estimate of drug-likeness (QED) is 0.603. The van der Waals surface area contributed by atoms with Crippen LogP contribution in [0.2, 0.25) is 10.0 Å². The molecular weight excluding hydrogens is 438 g/mol. The van der Waals surface area contributed by atoms with Crippen molar-refractivity contribution in [1.82, 2.24) is 10.2 Å². The lowest BCUT2D eigenvalue weighted by Crippen LogP contribution is -2.55. The van der Waals surface area contributed by atoms with Gasteiger partial charge in [0.1, 0.15) is 6.61 Å². The van der Waals surface area contributed by atoms with Crippen molar-refractivity contribution >= 4 is 48.0 Å². The first-order valence-electron chi connectivity index (χ1n) is 9.29. The molecule has 154 valence electrons. The van der Waals surface area contributed by atoms with Crippen molar-refractivity contribution in [1.29, 1.82) is 0 Å². The smallest absolute Gasteiger partial charge is 0.156 e. The average molecular weight is 464 g/mol. The van der Waals surface area contributed by atoms with Crippen molar-refractivity contribution in [2.45, 2.75) is 32.0 Å². The van der Waals surface area contributed by atoms with Crippen LogP contribution >= 0.6 is 48.0 Å². The van der Waals surface area contributed by atoms with Gasteiger partial charge in [0.2, 0.25) is 0 Å². The zero-order valence-electron chi connectivity index (χ0n) is 15.6. The molecule has 3 heterocycles. The van der Waals surface area contributed by atoms with Gasteiger partial charge in [-0.2, -0.15) is 0 Å². The number of hydrogen-bond acceptors (Lipinski definition) is 3. The van der Waals surface area contributed by atoms with Gasteiger partial charge in [-0.3, -0.25) is 0 Å². The lowest BCUT2D eigenvalue weighted by molar-refractivity contribution is 0.0720. The summed E-state index contributed by atoms with van der Waals surface area (Å²) in [6.07, 6.45) is 2.62. The van der Waals surface area contributed by atoms with E-state index in [-0.39, 0.29) is 24.8 Å². The first-order chi connectivity index (χ1) is 12.7. The van der Waals surface area contributed by atoms with E-state index >= 15 is 0 Å². The molecule has 28 heavy (non-hydrogen) atoms. The molecule has 0 amide bonds. The number of hydrogen-bond donors (Lipinski definition) is 1. The monoisotopic (exact) mass is 462 g/mol. The molecule has 3 fully saturated rings. The molecule has 7 heteroatoms. The molecular formula is C21H26Cl4N2O. The molecule has 0 saturated carbocycles. The van der Waals surface area contributed by atoms with Crippen molar-refractivity contribution in [2.24, 2.45) is 5.92 Å². The Hall–Kier alpha value is -0.680. The number of piperidine rings is 3. The van der Waals surface area contributed by atoms with Crippen LogP contribution in [-0.2, 0) is 13.2 Å². The van der Waals surface area contributed by atoms with Gasteiger partial charge in [0.15, 0.2) is 5.75 Å². The lowest BCUT2D eigenvalue weighted by atomic mass is 9.84. The summed E-state index contributed by atoms with van der Waals surface area (Å²) in [5, 5.41) is 4.84. The zero-order valence-corrected chi connectivity index (χ0v) is 18.7. The average Bonchev–Trinajstić information content (AvgIpc) is 2.67. The van der Waals surface area contributed by atoms with E-state index in [0.717, 1.165) is 30.1 Å². The summed E-state index contributed by atoms with van der Waals surface area (Å²) >= 11 is 12.9. The minimum Gasteiger partial charge on any atom is -0.486 e. The first-order valence-corrected chi connectivity index (χ1v) is 10.0. The van der Waals surface area contributed by atoms with Crippen LogP contribution in [0.3, 0.4) is 0 Å². The minimum absolute atomic E-state index is 0. The molecule has 0 aromatic heterocycles. The molecule has 0 aliphatic carbocycles. The van der Waals surface area contributed by atoms with Gasteiger partial charge in [0.05, 0.1) is 10.0 Å². The standard InChI is InChI=1S/C21H24Cl2N2O.2ClH/c22-18-10-16(12-24-20-13-25-8-6-17(20)7-9-25)11-19(23)21(18)26-14-15-4-2-1-3-5-15;;/h1-5,10-11,17,20,24H,6-9,12-14H2;2*1H. The van der Waals surface area contributed by atoms with Crippen LogP contribution in [0.15, 0.2) is 42.5 Å². The van der Waals surface area contributed by atoms with E-state index in [4.69, 9.17) is 27.9 Å². The molecule has 3 nitrogen and oxygen atoms in total. The normalized spacial score (nSPS) is 22.9. The van der Waals surface area contributed by atoms with Crippen LogP contribution in [0.1, 0.15) is 24.0 Å². The lowest BCUT2D eigenvalue weighted by Gasteiger charge is -2.45. The third kappa shape index (κ3) is 5.69. The van der Waals surface area contributed by atoms with E-state index < -0.39 is 0 Å². The maximum atomic E-state index is 6.44. The molecule has 3 aliphatic heterocycles. The highest BCUT2D eigenvalue weighted by atomic mass is 35.5. The number of halogens is 4.